The summed E-state index contributed by atoms with van der Waals surface area (Å²) in [5.74, 6) is -1.72. The van der Waals surface area contributed by atoms with E-state index >= 15 is 0 Å². The highest BCUT2D eigenvalue weighted by Crippen LogP contribution is 1.99. The van der Waals surface area contributed by atoms with Crippen LogP contribution in [0, 0.1) is 0 Å². The number of unbranched alkanes of at least 4 members (excludes halogenated alkanes) is 2. The normalized spacial score (nSPS) is 9.61. The van der Waals surface area contributed by atoms with Crippen molar-refractivity contribution in [3.05, 3.63) is 0 Å². The van der Waals surface area contributed by atoms with Gasteiger partial charge < -0.3 is 5.11 Å². The number of hydrogen-bond acceptors (Lipinski definition) is 7. The summed E-state index contributed by atoms with van der Waals surface area (Å²) in [6.45, 7) is 2.32. The Labute approximate surface area is 104 Å². The van der Waals surface area contributed by atoms with Gasteiger partial charge in [-0.1, -0.05) is 19.8 Å². The molecule has 0 radical (unpaired) electrons. The molecule has 1 N–H and O–H groups in total. The third kappa shape index (κ3) is 10.7. The molecule has 0 spiro atoms. The zero-order valence-corrected chi connectivity index (χ0v) is 10.0. The molecule has 0 heterocycles. The Kier molecular flexibility index (Phi) is 9.28. The van der Waals surface area contributed by atoms with E-state index in [9.17, 15) is 14.4 Å². The maximum atomic E-state index is 11.0. The molecule has 8 heteroatoms. The van der Waals surface area contributed by atoms with Gasteiger partial charge in [-0.15, -0.1) is 0 Å². The van der Waals surface area contributed by atoms with E-state index in [0.29, 0.717) is 6.61 Å². The first-order chi connectivity index (χ1) is 8.56. The van der Waals surface area contributed by atoms with E-state index in [4.69, 9.17) is 5.11 Å². The lowest BCUT2D eigenvalue weighted by molar-refractivity contribution is -0.273. The van der Waals surface area contributed by atoms with Gasteiger partial charge in [0.15, 0.2) is 0 Å². The Morgan fingerprint density at radius 3 is 2.11 bits per heavy atom. The Hall–Kier alpha value is -1.83. The van der Waals surface area contributed by atoms with Gasteiger partial charge in [0, 0.05) is 0 Å². The number of hydrogen-bond donors (Lipinski definition) is 1. The SMILES string of the molecule is CCCCCOOC(=O)CCC(=O)OOC(=O)O. The second kappa shape index (κ2) is 10.3. The molecule has 0 aliphatic rings. The summed E-state index contributed by atoms with van der Waals surface area (Å²) in [4.78, 5) is 48.0. The van der Waals surface area contributed by atoms with Crippen LogP contribution in [-0.2, 0) is 29.1 Å². The lowest BCUT2D eigenvalue weighted by Gasteiger charge is -2.02. The van der Waals surface area contributed by atoms with Gasteiger partial charge >= 0.3 is 18.1 Å². The zero-order valence-electron chi connectivity index (χ0n) is 10.0. The van der Waals surface area contributed by atoms with Gasteiger partial charge in [0.25, 0.3) is 0 Å². The summed E-state index contributed by atoms with van der Waals surface area (Å²) in [6.07, 6.45) is 0.381. The Balaban J connectivity index is 3.46. The second-order valence-corrected chi connectivity index (χ2v) is 3.29. The van der Waals surface area contributed by atoms with Crippen molar-refractivity contribution in [2.75, 3.05) is 6.61 Å². The summed E-state index contributed by atoms with van der Waals surface area (Å²) in [7, 11) is 0. The maximum Gasteiger partial charge on any atom is 0.547 e. The van der Waals surface area contributed by atoms with Gasteiger partial charge in [0.1, 0.15) is 0 Å². The van der Waals surface area contributed by atoms with Crippen LogP contribution in [0.2, 0.25) is 0 Å². The minimum Gasteiger partial charge on any atom is -0.447 e. The van der Waals surface area contributed by atoms with Crippen molar-refractivity contribution < 1.29 is 39.0 Å². The van der Waals surface area contributed by atoms with Gasteiger partial charge in [-0.25, -0.2) is 24.2 Å². The van der Waals surface area contributed by atoms with Crippen LogP contribution >= 0.6 is 0 Å². The van der Waals surface area contributed by atoms with Crippen molar-refractivity contribution in [2.45, 2.75) is 39.0 Å². The molecule has 0 aromatic rings. The predicted octanol–water partition coefficient (Wildman–Crippen LogP) is 1.58. The van der Waals surface area contributed by atoms with Crippen LogP contribution in [0.1, 0.15) is 39.0 Å². The molecule has 104 valence electrons. The van der Waals surface area contributed by atoms with E-state index in [0.717, 1.165) is 19.3 Å². The average molecular weight is 264 g/mol. The quantitative estimate of drug-likeness (QED) is 0.400. The van der Waals surface area contributed by atoms with Crippen molar-refractivity contribution in [1.82, 2.24) is 0 Å². The number of carbonyl (C=O) groups is 3. The maximum absolute atomic E-state index is 11.0. The standard InChI is InChI=1S/C10H16O8/c1-2-3-4-7-15-16-8(11)5-6-9(12)17-18-10(13)14/h2-7H2,1H3,(H,13,14). The minimum atomic E-state index is -1.75. The van der Waals surface area contributed by atoms with Gasteiger partial charge in [0.05, 0.1) is 19.4 Å². The molecular formula is C10H16O8. The van der Waals surface area contributed by atoms with Crippen LogP contribution in [0.15, 0.2) is 0 Å². The minimum absolute atomic E-state index is 0.282. The highest BCUT2D eigenvalue weighted by Gasteiger charge is 2.12. The lowest BCUT2D eigenvalue weighted by atomic mass is 10.3. The van der Waals surface area contributed by atoms with Gasteiger partial charge in [-0.05, 0) is 6.42 Å². The molecule has 8 nitrogen and oxygen atoms in total. The fourth-order valence-electron chi connectivity index (χ4n) is 0.888. The molecule has 0 amide bonds. The van der Waals surface area contributed by atoms with E-state index in [2.05, 4.69) is 19.6 Å². The molecule has 0 rings (SSSR count). The summed E-state index contributed by atoms with van der Waals surface area (Å²) in [5, 5.41) is 8.02. The third-order valence-electron chi connectivity index (χ3n) is 1.72. The second-order valence-electron chi connectivity index (χ2n) is 3.29. The van der Waals surface area contributed by atoms with Crippen molar-refractivity contribution in [1.29, 1.82) is 0 Å². The molecule has 0 saturated heterocycles. The monoisotopic (exact) mass is 264 g/mol. The molecule has 0 saturated carbocycles. The summed E-state index contributed by atoms with van der Waals surface area (Å²) in [5.41, 5.74) is 0. The molecule has 18 heavy (non-hydrogen) atoms. The van der Waals surface area contributed by atoms with E-state index < -0.39 is 18.1 Å². The third-order valence-corrected chi connectivity index (χ3v) is 1.72. The fourth-order valence-corrected chi connectivity index (χ4v) is 0.888. The first-order valence-corrected chi connectivity index (χ1v) is 5.48. The molecule has 0 fully saturated rings. The van der Waals surface area contributed by atoms with Crippen LogP contribution in [0.25, 0.3) is 0 Å². The summed E-state index contributed by atoms with van der Waals surface area (Å²) in [6, 6.07) is 0. The van der Waals surface area contributed by atoms with Gasteiger partial charge in [0.2, 0.25) is 0 Å². The van der Waals surface area contributed by atoms with E-state index in [1.54, 1.807) is 0 Å². The molecule has 0 unspecified atom stereocenters. The van der Waals surface area contributed by atoms with Crippen LogP contribution in [0.5, 0.6) is 0 Å². The number of carboxylic acid groups (broad SMARTS) is 1. The van der Waals surface area contributed by atoms with Crippen LogP contribution in [-0.4, -0.2) is 29.8 Å². The molecule has 0 aliphatic heterocycles. The molecule has 0 aromatic heterocycles. The van der Waals surface area contributed by atoms with Crippen molar-refractivity contribution in [2.24, 2.45) is 0 Å². The first-order valence-electron chi connectivity index (χ1n) is 5.48. The lowest BCUT2D eigenvalue weighted by Crippen LogP contribution is -2.13. The smallest absolute Gasteiger partial charge is 0.447 e. The molecule has 0 aliphatic carbocycles. The highest BCUT2D eigenvalue weighted by atomic mass is 17.2. The molecule has 0 atom stereocenters. The van der Waals surface area contributed by atoms with E-state index in [1.165, 1.54) is 0 Å². The van der Waals surface area contributed by atoms with Crippen LogP contribution in [0.4, 0.5) is 4.79 Å². The fraction of sp³-hybridized carbons (Fsp3) is 0.700. The van der Waals surface area contributed by atoms with E-state index in [1.807, 2.05) is 6.92 Å². The van der Waals surface area contributed by atoms with Crippen LogP contribution < -0.4 is 0 Å². The largest absolute Gasteiger partial charge is 0.547 e. The molecule has 0 bridgehead atoms. The Morgan fingerprint density at radius 2 is 1.56 bits per heavy atom. The summed E-state index contributed by atoms with van der Waals surface area (Å²) < 4.78 is 0. The summed E-state index contributed by atoms with van der Waals surface area (Å²) >= 11 is 0. The number of carbonyl (C=O) groups excluding carboxylic acids is 2. The molecular weight excluding hydrogens is 248 g/mol. The van der Waals surface area contributed by atoms with Crippen molar-refractivity contribution in [3.63, 3.8) is 0 Å². The Morgan fingerprint density at radius 1 is 0.944 bits per heavy atom. The van der Waals surface area contributed by atoms with Gasteiger partial charge in [-0.2, -0.15) is 4.89 Å². The average Bonchev–Trinajstić information content (AvgIpc) is 2.33. The Bertz CT molecular complexity index is 275. The van der Waals surface area contributed by atoms with E-state index in [-0.39, 0.29) is 12.8 Å². The topological polar surface area (TPSA) is 108 Å². The predicted molar refractivity (Wildman–Crippen MR) is 56.0 cm³/mol. The highest BCUT2D eigenvalue weighted by molar-refractivity contribution is 5.77. The van der Waals surface area contributed by atoms with Crippen molar-refractivity contribution >= 4 is 18.1 Å². The van der Waals surface area contributed by atoms with Crippen molar-refractivity contribution in [3.8, 4) is 0 Å². The van der Waals surface area contributed by atoms with Gasteiger partial charge in [-0.3, -0.25) is 4.89 Å². The zero-order chi connectivity index (χ0) is 13.8. The van der Waals surface area contributed by atoms with Crippen LogP contribution in [0.3, 0.4) is 0 Å². The number of rotatable bonds is 8. The first kappa shape index (κ1) is 16.2. The molecule has 0 aromatic carbocycles.